The molecule has 0 unspecified atom stereocenters. The van der Waals surface area contributed by atoms with Gasteiger partial charge in [-0.1, -0.05) is 97.3 Å². The van der Waals surface area contributed by atoms with Gasteiger partial charge < -0.3 is 45.6 Å². The zero-order valence-corrected chi connectivity index (χ0v) is 52.2. The molecule has 0 spiro atoms. The summed E-state index contributed by atoms with van der Waals surface area (Å²) in [5.41, 5.74) is 7.95. The van der Waals surface area contributed by atoms with Crippen LogP contribution in [-0.2, 0) is 4.79 Å². The van der Waals surface area contributed by atoms with Gasteiger partial charge in [-0.05, 0) is 233 Å². The normalized spacial score (nSPS) is 17.3. The maximum absolute atomic E-state index is 14.0. The lowest BCUT2D eigenvalue weighted by atomic mass is 9.96. The highest BCUT2D eigenvalue weighted by atomic mass is 35.5. The summed E-state index contributed by atoms with van der Waals surface area (Å²) in [5, 5.41) is 12.7. The number of piperidine rings is 4. The number of carbonyl (C=O) groups excluding carboxylic acids is 4. The molecule has 4 heterocycles. The lowest BCUT2D eigenvalue weighted by Gasteiger charge is -2.29. The number of methoxy groups -OCH3 is 1. The zero-order valence-electron chi connectivity index (χ0n) is 51.4. The van der Waals surface area contributed by atoms with Gasteiger partial charge in [-0.2, -0.15) is 0 Å². The quantitative estimate of drug-likeness (QED) is 0.103. The number of carbonyl (C=O) groups is 4. The molecule has 0 bridgehead atoms. The van der Waals surface area contributed by atoms with Crippen molar-refractivity contribution in [2.75, 3.05) is 93.0 Å². The molecule has 15 heteroatoms. The summed E-state index contributed by atoms with van der Waals surface area (Å²) in [4.78, 5) is 58.4. The SMILES string of the molecule is CC(C)c1ccc(C(=O)NC2CCN(C)CC2)c(Cl)c1.CC(C)c1ccc(NC(=O)C2CCN(C)CC2)c(F)c1.COc1cc(C(C)C)ccc1C(=O)NC1CCN(C)CC1.Cc1cc(C(C)C)ccc1C(=O)NC1CCN(C)CC1. The van der Waals surface area contributed by atoms with Gasteiger partial charge in [0.1, 0.15) is 11.6 Å². The molecule has 4 fully saturated rings. The number of anilines is 1. The molecule has 0 radical (unpaired) electrons. The third-order valence-corrected chi connectivity index (χ3v) is 16.7. The standard InChI is InChI=1S/C17H26N2O2.C17H26N2O.C16H23ClN2O.C16H23FN2O/c1-12(2)13-5-6-15(16(11-13)21-4)17(20)18-14-7-9-19(3)10-8-14;1-12(2)14-5-6-16(13(3)11-14)17(20)18-15-7-9-19(4)10-8-15;1-11(2)12-4-5-14(15(17)10-12)16(20)18-13-6-8-19(3)9-7-13;1-11(2)13-4-5-15(14(17)10-13)18-16(20)12-6-8-19(3)9-7-12/h5-6,11-12,14H,7-10H2,1-4H3,(H,18,20);5-6,11-12,15H,7-10H2,1-4H3,(H,18,20);4-5,10-11,13H,6-9H2,1-3H3,(H,18,20);4-5,10-12H,6-9H2,1-3H3,(H,18,20). The van der Waals surface area contributed by atoms with Crippen LogP contribution in [0, 0.1) is 18.7 Å². The van der Waals surface area contributed by atoms with Gasteiger partial charge in [0, 0.05) is 29.6 Å². The second-order valence-electron chi connectivity index (χ2n) is 24.4. The second kappa shape index (κ2) is 32.5. The Labute approximate surface area is 490 Å². The fraction of sp³-hybridized carbons (Fsp3) is 0.576. The number of likely N-dealkylation sites (tertiary alicyclic amines) is 4. The topological polar surface area (TPSA) is 139 Å². The predicted octanol–water partition coefficient (Wildman–Crippen LogP) is 12.1. The largest absolute Gasteiger partial charge is 0.496 e. The van der Waals surface area contributed by atoms with Crippen LogP contribution in [0.1, 0.15) is 189 Å². The summed E-state index contributed by atoms with van der Waals surface area (Å²) in [6.07, 6.45) is 7.80. The molecular formula is C66H98ClFN8O5. The van der Waals surface area contributed by atoms with Crippen molar-refractivity contribution in [2.24, 2.45) is 5.92 Å². The summed E-state index contributed by atoms with van der Waals surface area (Å²) >= 11 is 6.24. The van der Waals surface area contributed by atoms with Crippen LogP contribution < -0.4 is 26.0 Å². The van der Waals surface area contributed by atoms with E-state index in [1.807, 2.05) is 69.3 Å². The Morgan fingerprint density at radius 3 is 1.23 bits per heavy atom. The van der Waals surface area contributed by atoms with Crippen LogP contribution in [0.25, 0.3) is 0 Å². The molecule has 446 valence electrons. The van der Waals surface area contributed by atoms with E-state index >= 15 is 0 Å². The monoisotopic (exact) mass is 1140 g/mol. The summed E-state index contributed by atoms with van der Waals surface area (Å²) in [5.74, 6) is 1.85. The van der Waals surface area contributed by atoms with E-state index in [4.69, 9.17) is 16.3 Å². The molecule has 4 aromatic carbocycles. The van der Waals surface area contributed by atoms with Crippen molar-refractivity contribution in [3.05, 3.63) is 128 Å². The highest BCUT2D eigenvalue weighted by molar-refractivity contribution is 6.34. The van der Waals surface area contributed by atoms with Crippen LogP contribution in [0.15, 0.2) is 72.8 Å². The molecule has 0 aromatic heterocycles. The van der Waals surface area contributed by atoms with Crippen LogP contribution in [0.3, 0.4) is 0 Å². The van der Waals surface area contributed by atoms with Gasteiger partial charge in [0.15, 0.2) is 0 Å². The van der Waals surface area contributed by atoms with Gasteiger partial charge in [-0.25, -0.2) is 4.39 Å². The predicted molar refractivity (Wildman–Crippen MR) is 331 cm³/mol. The van der Waals surface area contributed by atoms with Crippen LogP contribution >= 0.6 is 11.6 Å². The van der Waals surface area contributed by atoms with E-state index in [9.17, 15) is 23.6 Å². The Balaban J connectivity index is 0.000000198. The molecular weight excluding hydrogens is 1040 g/mol. The van der Waals surface area contributed by atoms with E-state index in [0.717, 1.165) is 126 Å². The highest BCUT2D eigenvalue weighted by Crippen LogP contribution is 2.28. The number of hydrogen-bond donors (Lipinski definition) is 4. The first-order chi connectivity index (χ1) is 38.4. The first-order valence-electron chi connectivity index (χ1n) is 29.8. The molecule has 4 saturated heterocycles. The Hall–Kier alpha value is -5.38. The van der Waals surface area contributed by atoms with Crippen LogP contribution in [0.4, 0.5) is 10.1 Å². The first kappa shape index (κ1) is 66.4. The van der Waals surface area contributed by atoms with Gasteiger partial charge in [-0.15, -0.1) is 0 Å². The first-order valence-corrected chi connectivity index (χ1v) is 30.1. The number of nitrogens with zero attached hydrogens (tertiary/aromatic N) is 4. The van der Waals surface area contributed by atoms with Gasteiger partial charge in [-0.3, -0.25) is 19.2 Å². The maximum Gasteiger partial charge on any atom is 0.255 e. The molecule has 81 heavy (non-hydrogen) atoms. The summed E-state index contributed by atoms with van der Waals surface area (Å²) in [6.45, 7) is 27.0. The molecule has 4 N–H and O–H groups in total. The van der Waals surface area contributed by atoms with E-state index in [1.54, 1.807) is 13.2 Å². The third kappa shape index (κ3) is 21.1. The molecule has 0 saturated carbocycles. The number of amides is 4. The summed E-state index contributed by atoms with van der Waals surface area (Å²) < 4.78 is 19.4. The Bertz CT molecular complexity index is 2560. The Morgan fingerprint density at radius 1 is 0.494 bits per heavy atom. The molecule has 4 aliphatic heterocycles. The summed E-state index contributed by atoms with van der Waals surface area (Å²) in [7, 11) is 10.0. The number of hydrogen-bond acceptors (Lipinski definition) is 9. The number of ether oxygens (including phenoxy) is 1. The van der Waals surface area contributed by atoms with Crippen LogP contribution in [-0.4, -0.2) is 149 Å². The van der Waals surface area contributed by atoms with Crippen molar-refractivity contribution in [2.45, 2.75) is 155 Å². The molecule has 8 rings (SSSR count). The van der Waals surface area contributed by atoms with Gasteiger partial charge in [0.25, 0.3) is 17.7 Å². The van der Waals surface area contributed by atoms with E-state index in [1.165, 1.54) is 17.2 Å². The lowest BCUT2D eigenvalue weighted by Crippen LogP contribution is -2.43. The second-order valence-corrected chi connectivity index (χ2v) is 24.8. The minimum Gasteiger partial charge on any atom is -0.496 e. The smallest absolute Gasteiger partial charge is 0.255 e. The summed E-state index contributed by atoms with van der Waals surface area (Å²) in [6, 6.07) is 23.6. The number of nitrogens with one attached hydrogen (secondary N) is 4. The van der Waals surface area contributed by atoms with Crippen molar-refractivity contribution in [1.29, 1.82) is 0 Å². The van der Waals surface area contributed by atoms with E-state index in [0.29, 0.717) is 51.4 Å². The third-order valence-electron chi connectivity index (χ3n) is 16.4. The zero-order chi connectivity index (χ0) is 59.5. The van der Waals surface area contributed by atoms with E-state index in [-0.39, 0.29) is 53.4 Å². The average Bonchev–Trinajstić information content (AvgIpc) is 3.45. The Morgan fingerprint density at radius 2 is 0.840 bits per heavy atom. The molecule has 0 atom stereocenters. The number of benzene rings is 4. The van der Waals surface area contributed by atoms with Crippen molar-refractivity contribution < 1.29 is 28.3 Å². The van der Waals surface area contributed by atoms with E-state index in [2.05, 4.69) is 123 Å². The van der Waals surface area contributed by atoms with Crippen LogP contribution in [0.2, 0.25) is 5.02 Å². The molecule has 0 aliphatic carbocycles. The maximum atomic E-state index is 14.0. The lowest BCUT2D eigenvalue weighted by molar-refractivity contribution is -0.121. The number of aryl methyl sites for hydroxylation is 1. The van der Waals surface area contributed by atoms with Crippen molar-refractivity contribution in [3.63, 3.8) is 0 Å². The molecule has 4 aliphatic rings. The minimum atomic E-state index is -0.350. The fourth-order valence-electron chi connectivity index (χ4n) is 10.4. The fourth-order valence-corrected chi connectivity index (χ4v) is 10.7. The highest BCUT2D eigenvalue weighted by Gasteiger charge is 2.26. The van der Waals surface area contributed by atoms with Crippen molar-refractivity contribution in [3.8, 4) is 5.75 Å². The molecule has 4 aromatic rings. The van der Waals surface area contributed by atoms with Gasteiger partial charge >= 0.3 is 0 Å². The number of rotatable bonds is 13. The van der Waals surface area contributed by atoms with Gasteiger partial charge in [0.05, 0.1) is 28.9 Å². The number of halogens is 2. The van der Waals surface area contributed by atoms with E-state index < -0.39 is 0 Å². The average molecular weight is 1140 g/mol. The van der Waals surface area contributed by atoms with Crippen LogP contribution in [0.5, 0.6) is 5.75 Å². The minimum absolute atomic E-state index is 0.00428. The molecule has 13 nitrogen and oxygen atoms in total. The van der Waals surface area contributed by atoms with Crippen molar-refractivity contribution in [1.82, 2.24) is 35.6 Å². The van der Waals surface area contributed by atoms with Crippen molar-refractivity contribution >= 4 is 40.9 Å². The Kier molecular flexibility index (Phi) is 26.6. The molecule has 4 amide bonds. The van der Waals surface area contributed by atoms with Gasteiger partial charge in [0.2, 0.25) is 5.91 Å².